The molecule has 2 aromatic rings. The smallest absolute Gasteiger partial charge is 0.265 e. The van der Waals surface area contributed by atoms with Crippen LogP contribution in [0.25, 0.3) is 0 Å². The average molecular weight is 308 g/mol. The van der Waals surface area contributed by atoms with E-state index in [4.69, 9.17) is 5.73 Å². The van der Waals surface area contributed by atoms with Crippen LogP contribution in [0.3, 0.4) is 0 Å². The number of carbonyl (C=O) groups is 1. The Bertz CT molecular complexity index is 646. The summed E-state index contributed by atoms with van der Waals surface area (Å²) < 4.78 is 13.0. The lowest BCUT2D eigenvalue weighted by Gasteiger charge is -2.08. The highest BCUT2D eigenvalue weighted by atomic mass is 32.2. The molecule has 0 atom stereocenters. The lowest BCUT2D eigenvalue weighted by Crippen LogP contribution is -2.11. The Balaban J connectivity index is 1.80. The van der Waals surface area contributed by atoms with Gasteiger partial charge < -0.3 is 11.1 Å². The van der Waals surface area contributed by atoms with Crippen molar-refractivity contribution in [3.8, 4) is 0 Å². The van der Waals surface area contributed by atoms with Crippen LogP contribution in [0.4, 0.5) is 15.8 Å². The third kappa shape index (κ3) is 2.66. The van der Waals surface area contributed by atoms with E-state index < -0.39 is 5.82 Å². The summed E-state index contributed by atoms with van der Waals surface area (Å²) in [7, 11) is 0. The van der Waals surface area contributed by atoms with Crippen LogP contribution in [0.5, 0.6) is 0 Å². The molecule has 1 aromatic carbocycles. The standard InChI is InChI=1S/C14H13FN2OS2/c15-9-1-2-11(10(16)6-9)17-14(18)13-5-8-7-19-4-3-12(8)20-13/h1-2,5-6H,3-4,7,16H2,(H,17,18). The molecule has 0 unspecified atom stereocenters. The van der Waals surface area contributed by atoms with Crippen molar-refractivity contribution < 1.29 is 9.18 Å². The molecule has 0 saturated heterocycles. The van der Waals surface area contributed by atoms with Gasteiger partial charge in [-0.3, -0.25) is 4.79 Å². The van der Waals surface area contributed by atoms with Crippen LogP contribution in [0.15, 0.2) is 24.3 Å². The van der Waals surface area contributed by atoms with Gasteiger partial charge in [0.25, 0.3) is 5.91 Å². The quantitative estimate of drug-likeness (QED) is 0.835. The largest absolute Gasteiger partial charge is 0.397 e. The van der Waals surface area contributed by atoms with Crippen LogP contribution >= 0.6 is 23.1 Å². The number of amides is 1. The highest BCUT2D eigenvalue weighted by Gasteiger charge is 2.18. The van der Waals surface area contributed by atoms with Gasteiger partial charge in [-0.1, -0.05) is 0 Å². The van der Waals surface area contributed by atoms with Crippen LogP contribution < -0.4 is 11.1 Å². The van der Waals surface area contributed by atoms with E-state index in [1.54, 1.807) is 0 Å². The highest BCUT2D eigenvalue weighted by molar-refractivity contribution is 7.98. The minimum absolute atomic E-state index is 0.187. The van der Waals surface area contributed by atoms with Crippen LogP contribution in [-0.4, -0.2) is 11.7 Å². The Labute approximate surface area is 124 Å². The van der Waals surface area contributed by atoms with Crippen molar-refractivity contribution in [2.45, 2.75) is 12.2 Å². The first kappa shape index (κ1) is 13.5. The molecule has 1 aliphatic rings. The molecule has 1 aromatic heterocycles. The van der Waals surface area contributed by atoms with Crippen LogP contribution in [0, 0.1) is 5.82 Å². The van der Waals surface area contributed by atoms with E-state index in [1.807, 2.05) is 17.8 Å². The summed E-state index contributed by atoms with van der Waals surface area (Å²) in [6, 6.07) is 5.90. The number of halogens is 1. The molecular formula is C14H13FN2OS2. The number of nitrogen functional groups attached to an aromatic ring is 1. The molecule has 104 valence electrons. The molecule has 6 heteroatoms. The average Bonchev–Trinajstić information content (AvgIpc) is 2.86. The Morgan fingerprint density at radius 1 is 1.35 bits per heavy atom. The molecule has 3 rings (SSSR count). The topological polar surface area (TPSA) is 55.1 Å². The maximum Gasteiger partial charge on any atom is 0.265 e. The van der Waals surface area contributed by atoms with Gasteiger partial charge in [0.1, 0.15) is 5.82 Å². The first-order valence-electron chi connectivity index (χ1n) is 6.19. The Morgan fingerprint density at radius 3 is 2.95 bits per heavy atom. The summed E-state index contributed by atoms with van der Waals surface area (Å²) in [4.78, 5) is 14.2. The summed E-state index contributed by atoms with van der Waals surface area (Å²) in [5, 5.41) is 2.74. The summed E-state index contributed by atoms with van der Waals surface area (Å²) in [6.45, 7) is 0. The van der Waals surface area contributed by atoms with Crippen molar-refractivity contribution in [3.05, 3.63) is 45.4 Å². The summed E-state index contributed by atoms with van der Waals surface area (Å²) in [5.74, 6) is 1.48. The van der Waals surface area contributed by atoms with Gasteiger partial charge in [-0.25, -0.2) is 4.39 Å². The molecule has 0 fully saturated rings. The van der Waals surface area contributed by atoms with Gasteiger partial charge in [-0.05, 0) is 42.0 Å². The van der Waals surface area contributed by atoms with E-state index in [0.29, 0.717) is 10.6 Å². The van der Waals surface area contributed by atoms with E-state index in [9.17, 15) is 9.18 Å². The SMILES string of the molecule is Nc1cc(F)ccc1NC(=O)c1cc2c(s1)CCSC2. The summed E-state index contributed by atoms with van der Waals surface area (Å²) >= 11 is 3.42. The Morgan fingerprint density at radius 2 is 2.20 bits per heavy atom. The van der Waals surface area contributed by atoms with Gasteiger partial charge in [0.2, 0.25) is 0 Å². The van der Waals surface area contributed by atoms with E-state index in [-0.39, 0.29) is 11.6 Å². The molecule has 0 spiro atoms. The van der Waals surface area contributed by atoms with Crippen LogP contribution in [0.1, 0.15) is 20.1 Å². The van der Waals surface area contributed by atoms with Gasteiger partial charge >= 0.3 is 0 Å². The molecular weight excluding hydrogens is 295 g/mol. The van der Waals surface area contributed by atoms with E-state index in [2.05, 4.69) is 5.32 Å². The molecule has 20 heavy (non-hydrogen) atoms. The number of anilines is 2. The zero-order valence-electron chi connectivity index (χ0n) is 10.6. The van der Waals surface area contributed by atoms with Crippen molar-refractivity contribution in [1.82, 2.24) is 0 Å². The van der Waals surface area contributed by atoms with Crippen LogP contribution in [-0.2, 0) is 12.2 Å². The normalized spacial score (nSPS) is 13.8. The van der Waals surface area contributed by atoms with E-state index >= 15 is 0 Å². The Kier molecular flexibility index (Phi) is 3.67. The number of hydrogen-bond acceptors (Lipinski definition) is 4. The number of carbonyl (C=O) groups excluding carboxylic acids is 1. The molecule has 0 bridgehead atoms. The fourth-order valence-electron chi connectivity index (χ4n) is 2.09. The lowest BCUT2D eigenvalue weighted by atomic mass is 10.2. The molecule has 3 nitrogen and oxygen atoms in total. The van der Waals surface area contributed by atoms with Crippen LogP contribution in [0.2, 0.25) is 0 Å². The summed E-state index contributed by atoms with van der Waals surface area (Å²) in [6.07, 6.45) is 1.02. The number of aryl methyl sites for hydroxylation is 1. The number of benzene rings is 1. The lowest BCUT2D eigenvalue weighted by molar-refractivity contribution is 0.103. The van der Waals surface area contributed by atoms with Gasteiger partial charge in [0.15, 0.2) is 0 Å². The number of thiophene rings is 1. The van der Waals surface area contributed by atoms with Gasteiger partial charge in [0, 0.05) is 10.6 Å². The monoisotopic (exact) mass is 308 g/mol. The number of nitrogens with one attached hydrogen (secondary N) is 1. The minimum atomic E-state index is -0.413. The fourth-order valence-corrected chi connectivity index (χ4v) is 4.36. The third-order valence-electron chi connectivity index (χ3n) is 3.11. The predicted molar refractivity (Wildman–Crippen MR) is 83.0 cm³/mol. The first-order chi connectivity index (χ1) is 9.63. The molecule has 1 amide bonds. The maximum absolute atomic E-state index is 13.0. The van der Waals surface area contributed by atoms with Gasteiger partial charge in [-0.2, -0.15) is 11.8 Å². The molecule has 3 N–H and O–H groups in total. The fraction of sp³-hybridized carbons (Fsp3) is 0.214. The number of rotatable bonds is 2. The van der Waals surface area contributed by atoms with Gasteiger partial charge in [0.05, 0.1) is 16.3 Å². The second-order valence-corrected chi connectivity index (χ2v) is 6.79. The molecule has 0 aliphatic carbocycles. The second-order valence-electron chi connectivity index (χ2n) is 4.55. The third-order valence-corrected chi connectivity index (χ3v) is 5.36. The second kappa shape index (κ2) is 5.46. The number of fused-ring (bicyclic) bond motifs is 1. The molecule has 0 saturated carbocycles. The van der Waals surface area contributed by atoms with Crippen molar-refractivity contribution in [3.63, 3.8) is 0 Å². The van der Waals surface area contributed by atoms with E-state index in [0.717, 1.165) is 17.9 Å². The molecule has 0 radical (unpaired) electrons. The van der Waals surface area contributed by atoms with Crippen molar-refractivity contribution in [1.29, 1.82) is 0 Å². The molecule has 1 aliphatic heterocycles. The van der Waals surface area contributed by atoms with Crippen molar-refractivity contribution in [2.24, 2.45) is 0 Å². The van der Waals surface area contributed by atoms with E-state index in [1.165, 1.54) is 40.0 Å². The summed E-state index contributed by atoms with van der Waals surface area (Å²) in [5.41, 5.74) is 7.62. The zero-order valence-corrected chi connectivity index (χ0v) is 12.2. The zero-order chi connectivity index (χ0) is 14.1. The number of thioether (sulfide) groups is 1. The highest BCUT2D eigenvalue weighted by Crippen LogP contribution is 2.32. The van der Waals surface area contributed by atoms with Crippen molar-refractivity contribution >= 4 is 40.4 Å². The Hall–Kier alpha value is -1.53. The maximum atomic E-state index is 13.0. The predicted octanol–water partition coefficient (Wildman–Crippen LogP) is 3.51. The van der Waals surface area contributed by atoms with Crippen molar-refractivity contribution in [2.75, 3.05) is 16.8 Å². The number of nitrogens with two attached hydrogens (primary N) is 1. The first-order valence-corrected chi connectivity index (χ1v) is 8.16. The minimum Gasteiger partial charge on any atom is -0.397 e. The molecule has 2 heterocycles. The van der Waals surface area contributed by atoms with Gasteiger partial charge in [-0.15, -0.1) is 11.3 Å². The number of hydrogen-bond donors (Lipinski definition) is 2.